The van der Waals surface area contributed by atoms with Gasteiger partial charge >= 0.3 is 0 Å². The Morgan fingerprint density at radius 1 is 1.02 bits per heavy atom. The van der Waals surface area contributed by atoms with Crippen LogP contribution >= 0.6 is 11.3 Å². The van der Waals surface area contributed by atoms with E-state index in [9.17, 15) is 18.5 Å². The monoisotopic (exact) mass is 662 g/mol. The SMILES string of the molecule is N#CC1(NC(=O)[C@@H]2CCCC[C@H]2c2nc(-c3ccc(F)c(C4CCOCC4)c3)sc2-c2ccc(N3CCS(=O)(=O)CC3)cc2)CC1. The zero-order valence-electron chi connectivity index (χ0n) is 25.8. The number of rotatable bonds is 7. The average molecular weight is 663 g/mol. The summed E-state index contributed by atoms with van der Waals surface area (Å²) < 4.78 is 44.6. The molecule has 2 saturated carbocycles. The highest BCUT2D eigenvalue weighted by Gasteiger charge is 2.47. The van der Waals surface area contributed by atoms with E-state index in [1.807, 2.05) is 18.2 Å². The van der Waals surface area contributed by atoms with Crippen molar-refractivity contribution in [2.45, 2.75) is 68.7 Å². The molecule has 3 aromatic rings. The molecule has 0 unspecified atom stereocenters. The Hall–Kier alpha value is -3.33. The molecule has 8 nitrogen and oxygen atoms in total. The number of benzene rings is 2. The molecule has 11 heteroatoms. The van der Waals surface area contributed by atoms with E-state index in [4.69, 9.17) is 9.72 Å². The van der Waals surface area contributed by atoms with Crippen LogP contribution in [0.3, 0.4) is 0 Å². The van der Waals surface area contributed by atoms with Gasteiger partial charge in [-0.3, -0.25) is 4.79 Å². The van der Waals surface area contributed by atoms with Gasteiger partial charge in [0.2, 0.25) is 5.91 Å². The van der Waals surface area contributed by atoms with Crippen molar-refractivity contribution in [3.05, 3.63) is 59.5 Å². The lowest BCUT2D eigenvalue weighted by atomic mass is 9.76. The fourth-order valence-corrected chi connectivity index (χ4v) is 9.54. The third kappa shape index (κ3) is 6.44. The van der Waals surface area contributed by atoms with Gasteiger partial charge in [-0.15, -0.1) is 11.3 Å². The summed E-state index contributed by atoms with van der Waals surface area (Å²) in [4.78, 5) is 22.0. The van der Waals surface area contributed by atoms with Gasteiger partial charge in [0.05, 0.1) is 28.1 Å². The van der Waals surface area contributed by atoms with Crippen molar-refractivity contribution in [3.63, 3.8) is 0 Å². The standard InChI is InChI=1S/C35H39FN4O4S2/c36-30-10-7-25(21-29(30)23-11-17-44-18-12-23)34-38-31(27-3-1-2-4-28(27)33(41)39-35(22-37)13-14-35)32(45-34)24-5-8-26(9-6-24)40-15-19-46(42,43)20-16-40/h5-10,21,23,27-28H,1-4,11-20H2,(H,39,41)/t27-,28-/m1/s1. The molecule has 242 valence electrons. The van der Waals surface area contributed by atoms with Crippen molar-refractivity contribution in [1.82, 2.24) is 10.3 Å². The van der Waals surface area contributed by atoms with Crippen LogP contribution < -0.4 is 10.2 Å². The number of nitrogens with zero attached hydrogens (tertiary/aromatic N) is 3. The number of nitriles is 1. The van der Waals surface area contributed by atoms with Gasteiger partial charge in [0, 0.05) is 49.4 Å². The number of carbonyl (C=O) groups excluding carboxylic acids is 1. The van der Waals surface area contributed by atoms with E-state index < -0.39 is 15.4 Å². The molecule has 2 aliphatic heterocycles. The van der Waals surface area contributed by atoms with E-state index in [-0.39, 0.29) is 41.0 Å². The van der Waals surface area contributed by atoms with Crippen molar-refractivity contribution in [2.75, 3.05) is 42.7 Å². The van der Waals surface area contributed by atoms with E-state index in [1.54, 1.807) is 23.5 Å². The summed E-state index contributed by atoms with van der Waals surface area (Å²) in [6.45, 7) is 2.20. The zero-order chi connectivity index (χ0) is 31.9. The predicted molar refractivity (Wildman–Crippen MR) is 177 cm³/mol. The Morgan fingerprint density at radius 2 is 1.72 bits per heavy atom. The number of ether oxygens (including phenoxy) is 1. The van der Waals surface area contributed by atoms with Crippen LogP contribution in [0.1, 0.15) is 74.5 Å². The molecule has 1 amide bonds. The fraction of sp³-hybridized carbons (Fsp3) is 0.514. The maximum atomic E-state index is 15.1. The molecule has 2 atom stereocenters. The van der Waals surface area contributed by atoms with Crippen LogP contribution in [-0.2, 0) is 19.4 Å². The summed E-state index contributed by atoms with van der Waals surface area (Å²) in [5, 5.41) is 13.5. The molecular weight excluding hydrogens is 624 g/mol. The Bertz CT molecular complexity index is 1740. The smallest absolute Gasteiger partial charge is 0.225 e. The Labute approximate surface area is 273 Å². The number of aromatic nitrogens is 1. The molecule has 4 aliphatic rings. The van der Waals surface area contributed by atoms with Crippen molar-refractivity contribution in [3.8, 4) is 27.1 Å². The third-order valence-corrected chi connectivity index (χ3v) is 13.0. The maximum Gasteiger partial charge on any atom is 0.225 e. The molecule has 0 radical (unpaired) electrons. The normalized spacial score (nSPS) is 24.2. The minimum Gasteiger partial charge on any atom is -0.381 e. The van der Waals surface area contributed by atoms with Crippen LogP contribution in [0.4, 0.5) is 10.1 Å². The van der Waals surface area contributed by atoms with Gasteiger partial charge in [-0.25, -0.2) is 17.8 Å². The van der Waals surface area contributed by atoms with Gasteiger partial charge in [0.25, 0.3) is 0 Å². The van der Waals surface area contributed by atoms with Crippen molar-refractivity contribution >= 4 is 32.8 Å². The number of thiazole rings is 1. The molecule has 2 aliphatic carbocycles. The molecule has 3 heterocycles. The number of amides is 1. The summed E-state index contributed by atoms with van der Waals surface area (Å²) in [5.74, 6) is -0.246. The maximum absolute atomic E-state index is 15.1. The lowest BCUT2D eigenvalue weighted by molar-refractivity contribution is -0.127. The van der Waals surface area contributed by atoms with Crippen molar-refractivity contribution < 1.29 is 22.3 Å². The summed E-state index contributed by atoms with van der Waals surface area (Å²) in [6, 6.07) is 15.8. The Kier molecular flexibility index (Phi) is 8.64. The largest absolute Gasteiger partial charge is 0.381 e. The van der Waals surface area contributed by atoms with Gasteiger partial charge in [-0.05, 0) is 85.9 Å². The highest BCUT2D eigenvalue weighted by atomic mass is 32.2. The van der Waals surface area contributed by atoms with Crippen LogP contribution in [-0.4, -0.2) is 62.7 Å². The van der Waals surface area contributed by atoms with Gasteiger partial charge < -0.3 is 15.0 Å². The highest BCUT2D eigenvalue weighted by molar-refractivity contribution is 7.91. The van der Waals surface area contributed by atoms with Crippen LogP contribution in [0.25, 0.3) is 21.0 Å². The Balaban J connectivity index is 1.25. The first-order chi connectivity index (χ1) is 22.2. The van der Waals surface area contributed by atoms with Crippen molar-refractivity contribution in [2.24, 2.45) is 5.92 Å². The zero-order valence-corrected chi connectivity index (χ0v) is 27.5. The minimum absolute atomic E-state index is 0.0664. The second-order valence-electron chi connectivity index (χ2n) is 13.2. The quantitative estimate of drug-likeness (QED) is 0.321. The molecule has 1 N–H and O–H groups in total. The summed E-state index contributed by atoms with van der Waals surface area (Å²) in [7, 11) is -2.98. The summed E-state index contributed by atoms with van der Waals surface area (Å²) >= 11 is 1.57. The summed E-state index contributed by atoms with van der Waals surface area (Å²) in [5.41, 5.74) is 3.69. The van der Waals surface area contributed by atoms with Crippen LogP contribution in [0.2, 0.25) is 0 Å². The van der Waals surface area contributed by atoms with Crippen LogP contribution in [0.15, 0.2) is 42.5 Å². The lowest BCUT2D eigenvalue weighted by Crippen LogP contribution is -2.42. The van der Waals surface area contributed by atoms with Gasteiger partial charge in [-0.2, -0.15) is 5.26 Å². The van der Waals surface area contributed by atoms with E-state index >= 15 is 4.39 Å². The molecule has 0 bridgehead atoms. The average Bonchev–Trinajstić information content (AvgIpc) is 3.72. The number of carbonyl (C=O) groups is 1. The van der Waals surface area contributed by atoms with Crippen LogP contribution in [0.5, 0.6) is 0 Å². The first kappa shape index (κ1) is 31.3. The molecule has 2 saturated heterocycles. The third-order valence-electron chi connectivity index (χ3n) is 10.2. The van der Waals surface area contributed by atoms with Crippen molar-refractivity contribution in [1.29, 1.82) is 5.26 Å². The topological polar surface area (TPSA) is 112 Å². The molecule has 46 heavy (non-hydrogen) atoms. The number of sulfone groups is 1. The minimum atomic E-state index is -2.98. The number of halogens is 1. The van der Waals surface area contributed by atoms with E-state index in [0.717, 1.165) is 70.9 Å². The van der Waals surface area contributed by atoms with Crippen LogP contribution in [0, 0.1) is 23.1 Å². The van der Waals surface area contributed by atoms with Gasteiger partial charge in [0.1, 0.15) is 16.4 Å². The molecule has 2 aromatic carbocycles. The first-order valence-corrected chi connectivity index (χ1v) is 19.1. The fourth-order valence-electron chi connectivity index (χ4n) is 7.20. The first-order valence-electron chi connectivity index (χ1n) is 16.4. The van der Waals surface area contributed by atoms with E-state index in [2.05, 4.69) is 28.4 Å². The molecule has 0 spiro atoms. The number of hydrogen-bond donors (Lipinski definition) is 1. The van der Waals surface area contributed by atoms with E-state index in [0.29, 0.717) is 44.7 Å². The predicted octanol–water partition coefficient (Wildman–Crippen LogP) is 6.19. The second kappa shape index (κ2) is 12.7. The van der Waals surface area contributed by atoms with E-state index in [1.165, 1.54) is 0 Å². The Morgan fingerprint density at radius 3 is 2.41 bits per heavy atom. The van der Waals surface area contributed by atoms with Gasteiger partial charge in [0.15, 0.2) is 9.84 Å². The highest BCUT2D eigenvalue weighted by Crippen LogP contribution is 2.47. The summed E-state index contributed by atoms with van der Waals surface area (Å²) in [6.07, 6.45) is 6.46. The number of hydrogen-bond acceptors (Lipinski definition) is 8. The lowest BCUT2D eigenvalue weighted by Gasteiger charge is -2.31. The number of nitrogens with one attached hydrogen (secondary N) is 1. The van der Waals surface area contributed by atoms with Gasteiger partial charge in [-0.1, -0.05) is 25.0 Å². The molecule has 1 aromatic heterocycles. The molecule has 4 fully saturated rings. The number of anilines is 1. The molecular formula is C35H39FN4O4S2. The second-order valence-corrected chi connectivity index (χ2v) is 16.5. The molecule has 7 rings (SSSR count).